The van der Waals surface area contributed by atoms with Crippen molar-refractivity contribution in [3.63, 3.8) is 0 Å². The van der Waals surface area contributed by atoms with Crippen LogP contribution in [0.15, 0.2) is 54.9 Å². The largest absolute Gasteiger partial charge is 0.451 e. The van der Waals surface area contributed by atoms with Gasteiger partial charge in [0.2, 0.25) is 5.91 Å². The number of benzene rings is 1. The van der Waals surface area contributed by atoms with Gasteiger partial charge in [-0.15, -0.1) is 0 Å². The number of imide groups is 1. The molecule has 1 aliphatic rings. The van der Waals surface area contributed by atoms with Crippen LogP contribution in [0.4, 0.5) is 0 Å². The molecule has 0 spiro atoms. The number of aromatic nitrogens is 1. The van der Waals surface area contributed by atoms with Crippen LogP contribution < -0.4 is 10.6 Å². The Hall–Kier alpha value is -3.55. The summed E-state index contributed by atoms with van der Waals surface area (Å²) in [5.74, 6) is -2.27. The lowest BCUT2D eigenvalue weighted by molar-refractivity contribution is -0.161. The highest BCUT2D eigenvalue weighted by Gasteiger charge is 2.33. The lowest BCUT2D eigenvalue weighted by Crippen LogP contribution is -2.49. The number of piperidine rings is 1. The first-order valence-electron chi connectivity index (χ1n) is 8.82. The van der Waals surface area contributed by atoms with Gasteiger partial charge in [-0.25, -0.2) is 4.79 Å². The standard InChI is InChI=1S/C20H19N3O5/c24-17-9-8-16(19(26)23-17)28-20(27)15(11-13-5-2-1-3-6-13)22-18(25)14-7-4-10-21-12-14/h1-7,10,12,15-16H,8-9,11H2,(H,22,25)(H,23,24,26). The molecule has 0 bridgehead atoms. The molecule has 2 N–H and O–H groups in total. The minimum absolute atomic E-state index is 0.0923. The molecule has 28 heavy (non-hydrogen) atoms. The molecule has 2 aromatic rings. The number of esters is 1. The van der Waals surface area contributed by atoms with E-state index in [0.29, 0.717) is 5.56 Å². The summed E-state index contributed by atoms with van der Waals surface area (Å²) in [7, 11) is 0. The van der Waals surface area contributed by atoms with Gasteiger partial charge >= 0.3 is 5.97 Å². The van der Waals surface area contributed by atoms with E-state index in [4.69, 9.17) is 4.74 Å². The number of nitrogens with zero attached hydrogens (tertiary/aromatic N) is 1. The van der Waals surface area contributed by atoms with Crippen molar-refractivity contribution in [2.24, 2.45) is 0 Å². The molecule has 1 aromatic carbocycles. The Bertz CT molecular complexity index is 870. The average Bonchev–Trinajstić information content (AvgIpc) is 2.71. The van der Waals surface area contributed by atoms with Crippen LogP contribution in [0.25, 0.3) is 0 Å². The quantitative estimate of drug-likeness (QED) is 0.564. The number of carbonyl (C=O) groups is 4. The van der Waals surface area contributed by atoms with Crippen molar-refractivity contribution in [2.45, 2.75) is 31.4 Å². The first-order valence-corrected chi connectivity index (χ1v) is 8.82. The molecule has 0 aliphatic carbocycles. The minimum Gasteiger partial charge on any atom is -0.451 e. The topological polar surface area (TPSA) is 114 Å². The van der Waals surface area contributed by atoms with Crippen LogP contribution in [0.2, 0.25) is 0 Å². The van der Waals surface area contributed by atoms with Crippen molar-refractivity contribution in [3.8, 4) is 0 Å². The third kappa shape index (κ3) is 5.00. The summed E-state index contributed by atoms with van der Waals surface area (Å²) in [6.07, 6.45) is 2.27. The van der Waals surface area contributed by atoms with Gasteiger partial charge in [-0.05, 0) is 17.7 Å². The number of hydrogen-bond donors (Lipinski definition) is 2. The number of nitrogens with one attached hydrogen (secondary N) is 2. The van der Waals surface area contributed by atoms with Crippen LogP contribution in [-0.4, -0.2) is 40.8 Å². The molecule has 2 atom stereocenters. The van der Waals surface area contributed by atoms with Gasteiger partial charge in [0, 0.05) is 31.7 Å². The second-order valence-electron chi connectivity index (χ2n) is 6.33. The van der Waals surface area contributed by atoms with Gasteiger partial charge < -0.3 is 10.1 Å². The van der Waals surface area contributed by atoms with E-state index in [1.165, 1.54) is 12.4 Å². The third-order valence-electron chi connectivity index (χ3n) is 4.24. The average molecular weight is 381 g/mol. The molecule has 1 aromatic heterocycles. The van der Waals surface area contributed by atoms with Crippen molar-refractivity contribution in [1.29, 1.82) is 0 Å². The summed E-state index contributed by atoms with van der Waals surface area (Å²) in [5.41, 5.74) is 1.12. The minimum atomic E-state index is -1.06. The normalized spacial score (nSPS) is 17.4. The van der Waals surface area contributed by atoms with E-state index >= 15 is 0 Å². The van der Waals surface area contributed by atoms with Gasteiger partial charge in [0.15, 0.2) is 6.10 Å². The highest BCUT2D eigenvalue weighted by Crippen LogP contribution is 2.12. The van der Waals surface area contributed by atoms with Crippen molar-refractivity contribution in [3.05, 3.63) is 66.0 Å². The number of rotatable bonds is 6. The maximum atomic E-state index is 12.7. The molecular weight excluding hydrogens is 362 g/mol. The molecule has 3 amide bonds. The molecule has 2 unspecified atom stereocenters. The van der Waals surface area contributed by atoms with Crippen LogP contribution >= 0.6 is 0 Å². The van der Waals surface area contributed by atoms with Crippen molar-refractivity contribution < 1.29 is 23.9 Å². The van der Waals surface area contributed by atoms with E-state index in [0.717, 1.165) is 5.56 Å². The zero-order valence-corrected chi connectivity index (χ0v) is 15.0. The molecule has 1 fully saturated rings. The molecule has 3 rings (SSSR count). The number of ether oxygens (including phenoxy) is 1. The molecule has 0 saturated carbocycles. The van der Waals surface area contributed by atoms with E-state index in [1.807, 2.05) is 30.3 Å². The Morgan fingerprint density at radius 1 is 1.18 bits per heavy atom. The van der Waals surface area contributed by atoms with Gasteiger partial charge in [-0.1, -0.05) is 30.3 Å². The summed E-state index contributed by atoms with van der Waals surface area (Å²) in [6.45, 7) is 0. The SMILES string of the molecule is O=C1CCC(OC(=O)C(Cc2ccccc2)NC(=O)c2cccnc2)C(=O)N1. The number of amides is 3. The van der Waals surface area contributed by atoms with Crippen LogP contribution in [0.1, 0.15) is 28.8 Å². The second kappa shape index (κ2) is 8.90. The summed E-state index contributed by atoms with van der Waals surface area (Å²) in [5, 5.41) is 4.78. The highest BCUT2D eigenvalue weighted by molar-refractivity contribution is 6.01. The van der Waals surface area contributed by atoms with E-state index < -0.39 is 35.8 Å². The molecule has 2 heterocycles. The van der Waals surface area contributed by atoms with E-state index in [2.05, 4.69) is 15.6 Å². The van der Waals surface area contributed by atoms with Gasteiger partial charge in [0.1, 0.15) is 6.04 Å². The second-order valence-corrected chi connectivity index (χ2v) is 6.33. The first-order chi connectivity index (χ1) is 13.5. The fourth-order valence-corrected chi connectivity index (χ4v) is 2.79. The Balaban J connectivity index is 1.73. The Morgan fingerprint density at radius 3 is 2.64 bits per heavy atom. The van der Waals surface area contributed by atoms with E-state index in [-0.39, 0.29) is 19.3 Å². The fourth-order valence-electron chi connectivity index (χ4n) is 2.79. The maximum Gasteiger partial charge on any atom is 0.329 e. The number of hydrogen-bond acceptors (Lipinski definition) is 6. The third-order valence-corrected chi connectivity index (χ3v) is 4.24. The molecule has 0 radical (unpaired) electrons. The zero-order chi connectivity index (χ0) is 19.9. The summed E-state index contributed by atoms with van der Waals surface area (Å²) in [6, 6.07) is 11.3. The lowest BCUT2D eigenvalue weighted by Gasteiger charge is -2.24. The number of carbonyl (C=O) groups excluding carboxylic acids is 4. The van der Waals surface area contributed by atoms with E-state index in [9.17, 15) is 19.2 Å². The summed E-state index contributed by atoms with van der Waals surface area (Å²) >= 11 is 0. The Labute approximate surface area is 161 Å². The predicted octanol–water partition coefficient (Wildman–Crippen LogP) is 0.771. The monoisotopic (exact) mass is 381 g/mol. The predicted molar refractivity (Wildman–Crippen MR) is 97.9 cm³/mol. The van der Waals surface area contributed by atoms with E-state index in [1.54, 1.807) is 12.1 Å². The molecular formula is C20H19N3O5. The summed E-state index contributed by atoms with van der Waals surface area (Å²) in [4.78, 5) is 52.2. The highest BCUT2D eigenvalue weighted by atomic mass is 16.5. The fraction of sp³-hybridized carbons (Fsp3) is 0.250. The molecule has 8 nitrogen and oxygen atoms in total. The van der Waals surface area contributed by atoms with Crippen molar-refractivity contribution in [1.82, 2.24) is 15.6 Å². The first kappa shape index (κ1) is 19.2. The molecule has 144 valence electrons. The summed E-state index contributed by atoms with van der Waals surface area (Å²) < 4.78 is 5.29. The Morgan fingerprint density at radius 2 is 1.96 bits per heavy atom. The lowest BCUT2D eigenvalue weighted by atomic mass is 10.0. The smallest absolute Gasteiger partial charge is 0.329 e. The van der Waals surface area contributed by atoms with Crippen LogP contribution in [0.5, 0.6) is 0 Å². The molecule has 8 heteroatoms. The number of pyridine rings is 1. The van der Waals surface area contributed by atoms with Gasteiger partial charge in [-0.2, -0.15) is 0 Å². The van der Waals surface area contributed by atoms with Crippen LogP contribution in [-0.2, 0) is 25.5 Å². The van der Waals surface area contributed by atoms with Crippen molar-refractivity contribution in [2.75, 3.05) is 0 Å². The van der Waals surface area contributed by atoms with Crippen LogP contribution in [0, 0.1) is 0 Å². The maximum absolute atomic E-state index is 12.7. The molecule has 1 aliphatic heterocycles. The molecule has 1 saturated heterocycles. The van der Waals surface area contributed by atoms with Crippen LogP contribution in [0.3, 0.4) is 0 Å². The van der Waals surface area contributed by atoms with Gasteiger partial charge in [0.25, 0.3) is 11.8 Å². The van der Waals surface area contributed by atoms with Crippen molar-refractivity contribution >= 4 is 23.7 Å². The zero-order valence-electron chi connectivity index (χ0n) is 15.0. The van der Waals surface area contributed by atoms with Gasteiger partial charge in [-0.3, -0.25) is 24.7 Å². The Kier molecular flexibility index (Phi) is 6.11. The van der Waals surface area contributed by atoms with Gasteiger partial charge in [0.05, 0.1) is 5.56 Å².